The van der Waals surface area contributed by atoms with Crippen molar-refractivity contribution in [2.24, 2.45) is 0 Å². The molecule has 1 atom stereocenters. The third kappa shape index (κ3) is 3.30. The van der Waals surface area contributed by atoms with Gasteiger partial charge in [0.05, 0.1) is 13.2 Å². The van der Waals surface area contributed by atoms with E-state index in [1.807, 2.05) is 13.8 Å². The second-order valence-electron chi connectivity index (χ2n) is 4.04. The molecule has 1 aliphatic heterocycles. The van der Waals surface area contributed by atoms with Crippen molar-refractivity contribution in [1.29, 1.82) is 0 Å². The topological polar surface area (TPSA) is 55.8 Å². The van der Waals surface area contributed by atoms with Crippen molar-refractivity contribution in [1.82, 2.24) is 4.67 Å². The molecule has 5 nitrogen and oxygen atoms in total. The molecule has 0 aliphatic carbocycles. The summed E-state index contributed by atoms with van der Waals surface area (Å²) in [5.41, 5.74) is 0. The number of hydrogen-bond acceptors (Lipinski definition) is 4. The maximum atomic E-state index is 12.5. The van der Waals surface area contributed by atoms with Crippen LogP contribution in [-0.2, 0) is 18.6 Å². The maximum absolute atomic E-state index is 12.5. The Morgan fingerprint density at radius 2 is 2.25 bits per heavy atom. The van der Waals surface area contributed by atoms with Crippen molar-refractivity contribution in [3.63, 3.8) is 0 Å². The summed E-state index contributed by atoms with van der Waals surface area (Å²) >= 11 is 0. The Hall–Kier alpha value is -0.380. The van der Waals surface area contributed by atoms with Gasteiger partial charge in [-0.3, -0.25) is 9.36 Å². The second kappa shape index (κ2) is 5.80. The van der Waals surface area contributed by atoms with E-state index in [0.717, 1.165) is 6.42 Å². The van der Waals surface area contributed by atoms with Crippen LogP contribution in [0.4, 0.5) is 0 Å². The summed E-state index contributed by atoms with van der Waals surface area (Å²) in [4.78, 5) is 11.4. The quantitative estimate of drug-likeness (QED) is 0.562. The van der Waals surface area contributed by atoms with Crippen LogP contribution in [0.3, 0.4) is 0 Å². The van der Waals surface area contributed by atoms with Crippen LogP contribution in [-0.4, -0.2) is 42.6 Å². The summed E-state index contributed by atoms with van der Waals surface area (Å²) in [6.45, 7) is 7.11. The van der Waals surface area contributed by atoms with Gasteiger partial charge in [0.25, 0.3) is 7.52 Å². The zero-order valence-electron chi connectivity index (χ0n) is 10.1. The lowest BCUT2D eigenvalue weighted by atomic mass is 10.3. The van der Waals surface area contributed by atoms with Gasteiger partial charge in [-0.2, -0.15) is 0 Å². The SMILES string of the molecule is CCOC(=O)CP1(=O)OCCCN1C(C)C. The van der Waals surface area contributed by atoms with Crippen LogP contribution < -0.4 is 0 Å². The highest BCUT2D eigenvalue weighted by molar-refractivity contribution is 7.57. The van der Waals surface area contributed by atoms with E-state index in [1.165, 1.54) is 0 Å². The number of ether oxygens (including phenoxy) is 1. The Bertz CT molecular complexity index is 293. The highest BCUT2D eigenvalue weighted by atomic mass is 31.2. The molecule has 1 fully saturated rings. The van der Waals surface area contributed by atoms with Crippen LogP contribution in [0.1, 0.15) is 27.2 Å². The van der Waals surface area contributed by atoms with Gasteiger partial charge in [-0.1, -0.05) is 0 Å². The molecule has 0 bridgehead atoms. The molecule has 0 aromatic carbocycles. The third-order valence-corrected chi connectivity index (χ3v) is 5.13. The lowest BCUT2D eigenvalue weighted by molar-refractivity contribution is -0.140. The van der Waals surface area contributed by atoms with Crippen LogP contribution >= 0.6 is 7.52 Å². The molecule has 0 aromatic rings. The van der Waals surface area contributed by atoms with E-state index in [9.17, 15) is 9.36 Å². The first-order chi connectivity index (χ1) is 7.49. The van der Waals surface area contributed by atoms with Crippen LogP contribution in [0, 0.1) is 0 Å². The summed E-state index contributed by atoms with van der Waals surface area (Å²) < 4.78 is 24.4. The Balaban J connectivity index is 2.70. The molecule has 1 saturated heterocycles. The van der Waals surface area contributed by atoms with E-state index in [4.69, 9.17) is 9.26 Å². The molecular weight excluding hydrogens is 229 g/mol. The number of hydrogen-bond donors (Lipinski definition) is 0. The predicted molar refractivity (Wildman–Crippen MR) is 61.5 cm³/mol. The van der Waals surface area contributed by atoms with Gasteiger partial charge in [-0.05, 0) is 27.2 Å². The highest BCUT2D eigenvalue weighted by Gasteiger charge is 2.38. The van der Waals surface area contributed by atoms with Crippen molar-refractivity contribution >= 4 is 13.5 Å². The van der Waals surface area contributed by atoms with Gasteiger partial charge < -0.3 is 9.26 Å². The van der Waals surface area contributed by atoms with Crippen molar-refractivity contribution in [2.75, 3.05) is 25.9 Å². The van der Waals surface area contributed by atoms with Crippen LogP contribution in [0.2, 0.25) is 0 Å². The number of rotatable bonds is 4. The van der Waals surface area contributed by atoms with Crippen molar-refractivity contribution < 1.29 is 18.6 Å². The Kier molecular flexibility index (Phi) is 4.96. The van der Waals surface area contributed by atoms with Gasteiger partial charge in [-0.25, -0.2) is 4.67 Å². The zero-order valence-corrected chi connectivity index (χ0v) is 11.0. The minimum Gasteiger partial charge on any atom is -0.466 e. The predicted octanol–water partition coefficient (Wildman–Crippen LogP) is 1.87. The number of carbonyl (C=O) groups is 1. The van der Waals surface area contributed by atoms with Gasteiger partial charge >= 0.3 is 5.97 Å². The van der Waals surface area contributed by atoms with E-state index < -0.39 is 13.5 Å². The van der Waals surface area contributed by atoms with Gasteiger partial charge in [-0.15, -0.1) is 0 Å². The van der Waals surface area contributed by atoms with Crippen molar-refractivity contribution in [3.8, 4) is 0 Å². The molecule has 94 valence electrons. The second-order valence-corrected chi connectivity index (χ2v) is 6.41. The summed E-state index contributed by atoms with van der Waals surface area (Å²) in [6, 6.07) is 0.112. The maximum Gasteiger partial charge on any atom is 0.316 e. The smallest absolute Gasteiger partial charge is 0.316 e. The minimum absolute atomic E-state index is 0.112. The molecule has 0 N–H and O–H groups in total. The molecule has 1 unspecified atom stereocenters. The van der Waals surface area contributed by atoms with E-state index >= 15 is 0 Å². The van der Waals surface area contributed by atoms with Crippen LogP contribution in [0.5, 0.6) is 0 Å². The fourth-order valence-electron chi connectivity index (χ4n) is 1.78. The fraction of sp³-hybridized carbons (Fsp3) is 0.900. The third-order valence-electron chi connectivity index (χ3n) is 2.45. The average molecular weight is 249 g/mol. The van der Waals surface area contributed by atoms with Crippen LogP contribution in [0.25, 0.3) is 0 Å². The van der Waals surface area contributed by atoms with Gasteiger partial charge in [0.1, 0.15) is 6.16 Å². The Labute approximate surface area is 96.6 Å². The summed E-state index contributed by atoms with van der Waals surface area (Å²) in [5, 5.41) is 0. The van der Waals surface area contributed by atoms with Gasteiger partial charge in [0.2, 0.25) is 0 Å². The number of carbonyl (C=O) groups excluding carboxylic acids is 1. The molecule has 1 aliphatic rings. The molecule has 6 heteroatoms. The Morgan fingerprint density at radius 1 is 1.56 bits per heavy atom. The lowest BCUT2D eigenvalue weighted by Gasteiger charge is -2.37. The van der Waals surface area contributed by atoms with E-state index in [0.29, 0.717) is 19.8 Å². The molecule has 0 saturated carbocycles. The lowest BCUT2D eigenvalue weighted by Crippen LogP contribution is -2.36. The summed E-state index contributed by atoms with van der Waals surface area (Å²) in [6.07, 6.45) is 0.712. The molecular formula is C10H20NO4P. The van der Waals surface area contributed by atoms with E-state index in [2.05, 4.69) is 0 Å². The van der Waals surface area contributed by atoms with Crippen molar-refractivity contribution in [3.05, 3.63) is 0 Å². The fourth-order valence-corrected chi connectivity index (χ4v) is 4.18. The molecule has 1 rings (SSSR count). The molecule has 0 aromatic heterocycles. The molecule has 0 amide bonds. The zero-order chi connectivity index (χ0) is 12.2. The first kappa shape index (κ1) is 13.7. The van der Waals surface area contributed by atoms with Crippen LogP contribution in [0.15, 0.2) is 0 Å². The summed E-state index contributed by atoms with van der Waals surface area (Å²) in [7, 11) is -3.01. The Morgan fingerprint density at radius 3 is 2.81 bits per heavy atom. The molecule has 0 spiro atoms. The minimum atomic E-state index is -3.01. The van der Waals surface area contributed by atoms with E-state index in [-0.39, 0.29) is 12.2 Å². The average Bonchev–Trinajstić information content (AvgIpc) is 2.17. The standard InChI is InChI=1S/C10H20NO4P/c1-4-14-10(12)8-16(13)11(9(2)3)6-5-7-15-16/h9H,4-8H2,1-3H3. The largest absolute Gasteiger partial charge is 0.466 e. The van der Waals surface area contributed by atoms with Gasteiger partial charge in [0, 0.05) is 12.6 Å². The first-order valence-corrected chi connectivity index (χ1v) is 7.42. The summed E-state index contributed by atoms with van der Waals surface area (Å²) in [5.74, 6) is -0.446. The highest BCUT2D eigenvalue weighted by Crippen LogP contribution is 2.54. The van der Waals surface area contributed by atoms with Crippen molar-refractivity contribution in [2.45, 2.75) is 33.2 Å². The van der Waals surface area contributed by atoms with Gasteiger partial charge in [0.15, 0.2) is 0 Å². The van der Waals surface area contributed by atoms with E-state index in [1.54, 1.807) is 11.6 Å². The number of esters is 1. The monoisotopic (exact) mass is 249 g/mol. The molecule has 1 heterocycles. The normalized spacial score (nSPS) is 27.0. The molecule has 0 radical (unpaired) electrons. The molecule has 16 heavy (non-hydrogen) atoms. The first-order valence-electron chi connectivity index (χ1n) is 5.66. The number of nitrogens with zero attached hydrogens (tertiary/aromatic N) is 1.